The number of carbonyl (C=O) groups excluding carboxylic acids is 1. The first-order valence-electron chi connectivity index (χ1n) is 3.51. The number of nitrogens with two attached hydrogens (primary N) is 1. The zero-order valence-corrected chi connectivity index (χ0v) is 7.26. The topological polar surface area (TPSA) is 55.6 Å². The van der Waals surface area contributed by atoms with Gasteiger partial charge in [-0.3, -0.25) is 0 Å². The number of amides is 1. The number of carbonyl (C=O) groups is 1. The maximum Gasteiger partial charge on any atom is 0.424 e. The molecule has 0 aliphatic heterocycles. The molecule has 1 amide bonds. The Morgan fingerprint density at radius 2 is 2.00 bits per heavy atom. The van der Waals surface area contributed by atoms with Crippen LogP contribution in [0.2, 0.25) is 0 Å². The molecule has 0 spiro atoms. The van der Waals surface area contributed by atoms with Gasteiger partial charge in [0.15, 0.2) is 6.61 Å². The van der Waals surface area contributed by atoms with Crippen LogP contribution in [0, 0.1) is 0 Å². The van der Waals surface area contributed by atoms with Crippen LogP contribution < -0.4 is 5.84 Å². The number of ether oxygens (including phenoxy) is 1. The number of halogens is 3. The predicted molar refractivity (Wildman–Crippen MR) is 38.6 cm³/mol. The van der Waals surface area contributed by atoms with E-state index < -0.39 is 24.9 Å². The van der Waals surface area contributed by atoms with E-state index >= 15 is 0 Å². The van der Waals surface area contributed by atoms with Crippen LogP contribution in [0.1, 0.15) is 13.8 Å². The first-order valence-corrected chi connectivity index (χ1v) is 3.51. The summed E-state index contributed by atoms with van der Waals surface area (Å²) < 4.78 is 38.5. The molecule has 0 unspecified atom stereocenters. The van der Waals surface area contributed by atoms with Crippen molar-refractivity contribution in [3.8, 4) is 0 Å². The van der Waals surface area contributed by atoms with Crippen LogP contribution in [0.3, 0.4) is 0 Å². The van der Waals surface area contributed by atoms with E-state index in [1.807, 2.05) is 0 Å². The van der Waals surface area contributed by atoms with Crippen molar-refractivity contribution in [2.24, 2.45) is 5.84 Å². The van der Waals surface area contributed by atoms with Gasteiger partial charge in [0, 0.05) is 6.04 Å². The Morgan fingerprint density at radius 3 is 2.31 bits per heavy atom. The van der Waals surface area contributed by atoms with Gasteiger partial charge in [-0.15, -0.1) is 0 Å². The van der Waals surface area contributed by atoms with Crippen LogP contribution >= 0.6 is 0 Å². The molecule has 0 heterocycles. The van der Waals surface area contributed by atoms with Crippen molar-refractivity contribution in [2.75, 3.05) is 6.61 Å². The molecule has 13 heavy (non-hydrogen) atoms. The third-order valence-electron chi connectivity index (χ3n) is 1.13. The maximum atomic E-state index is 11.5. The van der Waals surface area contributed by atoms with Gasteiger partial charge in [-0.1, -0.05) is 0 Å². The number of rotatable bonds is 2. The second kappa shape index (κ2) is 4.31. The highest BCUT2D eigenvalue weighted by Gasteiger charge is 2.30. The molecule has 0 radical (unpaired) electrons. The van der Waals surface area contributed by atoms with Gasteiger partial charge in [0.25, 0.3) is 0 Å². The van der Waals surface area contributed by atoms with Gasteiger partial charge in [-0.2, -0.15) is 13.2 Å². The average Bonchev–Trinajstić information content (AvgIpc) is 1.97. The van der Waals surface area contributed by atoms with Crippen molar-refractivity contribution in [3.63, 3.8) is 0 Å². The van der Waals surface area contributed by atoms with E-state index in [2.05, 4.69) is 4.74 Å². The van der Waals surface area contributed by atoms with Crippen LogP contribution in [0.15, 0.2) is 0 Å². The minimum atomic E-state index is -4.52. The smallest absolute Gasteiger partial charge is 0.424 e. The molecule has 2 N–H and O–H groups in total. The molecule has 78 valence electrons. The fraction of sp³-hybridized carbons (Fsp3) is 0.833. The molecular weight excluding hydrogens is 189 g/mol. The van der Waals surface area contributed by atoms with Crippen LogP contribution in [0.5, 0.6) is 0 Å². The van der Waals surface area contributed by atoms with E-state index in [0.717, 1.165) is 0 Å². The lowest BCUT2D eigenvalue weighted by Crippen LogP contribution is -2.44. The Labute approximate surface area is 73.4 Å². The van der Waals surface area contributed by atoms with Gasteiger partial charge in [0.05, 0.1) is 0 Å². The van der Waals surface area contributed by atoms with E-state index in [4.69, 9.17) is 5.84 Å². The molecule has 7 heteroatoms. The normalized spacial score (nSPS) is 11.6. The number of nitrogens with zero attached hydrogens (tertiary/aromatic N) is 1. The molecule has 0 saturated carbocycles. The lowest BCUT2D eigenvalue weighted by atomic mass is 10.4. The standard InChI is InChI=1S/C6H11F3N2O2/c1-4(2)11(10)5(12)13-3-6(7,8)9/h4H,3,10H2,1-2H3. The zero-order valence-electron chi connectivity index (χ0n) is 7.26. The molecule has 0 aliphatic carbocycles. The Kier molecular flexibility index (Phi) is 3.99. The average molecular weight is 200 g/mol. The SMILES string of the molecule is CC(C)N(N)C(=O)OCC(F)(F)F. The zero-order chi connectivity index (χ0) is 10.6. The summed E-state index contributed by atoms with van der Waals surface area (Å²) in [7, 11) is 0. The summed E-state index contributed by atoms with van der Waals surface area (Å²) in [6.45, 7) is 1.48. The molecule has 0 aliphatic rings. The van der Waals surface area contributed by atoms with E-state index in [0.29, 0.717) is 5.01 Å². The van der Waals surface area contributed by atoms with Crippen molar-refractivity contribution in [1.82, 2.24) is 5.01 Å². The van der Waals surface area contributed by atoms with Crippen molar-refractivity contribution in [3.05, 3.63) is 0 Å². The maximum absolute atomic E-state index is 11.5. The van der Waals surface area contributed by atoms with Crippen molar-refractivity contribution < 1.29 is 22.7 Å². The molecule has 4 nitrogen and oxygen atoms in total. The van der Waals surface area contributed by atoms with Gasteiger partial charge in [-0.05, 0) is 13.8 Å². The van der Waals surface area contributed by atoms with Gasteiger partial charge >= 0.3 is 12.3 Å². The second-order valence-electron chi connectivity index (χ2n) is 2.67. The second-order valence-corrected chi connectivity index (χ2v) is 2.67. The highest BCUT2D eigenvalue weighted by molar-refractivity contribution is 5.67. The summed E-state index contributed by atoms with van der Waals surface area (Å²) in [6.07, 6.45) is -5.71. The highest BCUT2D eigenvalue weighted by atomic mass is 19.4. The Morgan fingerprint density at radius 1 is 1.54 bits per heavy atom. The lowest BCUT2D eigenvalue weighted by Gasteiger charge is -2.20. The quantitative estimate of drug-likeness (QED) is 0.415. The fourth-order valence-corrected chi connectivity index (χ4v) is 0.429. The fourth-order valence-electron chi connectivity index (χ4n) is 0.429. The summed E-state index contributed by atoms with van der Waals surface area (Å²) in [6, 6.07) is -0.402. The Balaban J connectivity index is 3.89. The van der Waals surface area contributed by atoms with E-state index in [-0.39, 0.29) is 0 Å². The van der Waals surface area contributed by atoms with Crippen LogP contribution in [0.4, 0.5) is 18.0 Å². The van der Waals surface area contributed by atoms with Crippen molar-refractivity contribution in [1.29, 1.82) is 0 Å². The summed E-state index contributed by atoms with van der Waals surface area (Å²) in [5, 5.41) is 0.589. The third-order valence-corrected chi connectivity index (χ3v) is 1.13. The van der Waals surface area contributed by atoms with Gasteiger partial charge in [0.1, 0.15) is 0 Å². The first kappa shape index (κ1) is 12.0. The summed E-state index contributed by atoms with van der Waals surface area (Å²) in [5.74, 6) is 5.08. The molecular formula is C6H11F3N2O2. The molecule has 0 bridgehead atoms. The van der Waals surface area contributed by atoms with Crippen LogP contribution in [-0.2, 0) is 4.74 Å². The summed E-state index contributed by atoms with van der Waals surface area (Å²) >= 11 is 0. The van der Waals surface area contributed by atoms with E-state index in [9.17, 15) is 18.0 Å². The molecule has 0 fully saturated rings. The molecule has 0 aromatic heterocycles. The molecule has 0 saturated heterocycles. The lowest BCUT2D eigenvalue weighted by molar-refractivity contribution is -0.162. The Hall–Kier alpha value is -0.980. The van der Waals surface area contributed by atoms with E-state index in [1.54, 1.807) is 13.8 Å². The van der Waals surface area contributed by atoms with Crippen molar-refractivity contribution in [2.45, 2.75) is 26.1 Å². The summed E-state index contributed by atoms with van der Waals surface area (Å²) in [5.41, 5.74) is 0. The van der Waals surface area contributed by atoms with E-state index in [1.165, 1.54) is 0 Å². The predicted octanol–water partition coefficient (Wildman–Crippen LogP) is 1.27. The van der Waals surface area contributed by atoms with Gasteiger partial charge < -0.3 is 4.74 Å². The minimum absolute atomic E-state index is 0.402. The number of alkyl halides is 3. The molecule has 0 aromatic rings. The molecule has 0 atom stereocenters. The number of hydrogen-bond donors (Lipinski definition) is 1. The Bertz CT molecular complexity index is 181. The largest absolute Gasteiger partial charge is 0.439 e. The van der Waals surface area contributed by atoms with Crippen molar-refractivity contribution >= 4 is 6.09 Å². The summed E-state index contributed by atoms with van der Waals surface area (Å²) in [4.78, 5) is 10.7. The van der Waals surface area contributed by atoms with Gasteiger partial charge in [0.2, 0.25) is 0 Å². The highest BCUT2D eigenvalue weighted by Crippen LogP contribution is 2.14. The number of hydrogen-bond acceptors (Lipinski definition) is 3. The molecule has 0 aromatic carbocycles. The first-order chi connectivity index (χ1) is 5.74. The van der Waals surface area contributed by atoms with Crippen LogP contribution in [-0.4, -0.2) is 29.9 Å². The molecule has 0 rings (SSSR count). The monoisotopic (exact) mass is 200 g/mol. The minimum Gasteiger partial charge on any atom is -0.439 e. The van der Waals surface area contributed by atoms with Crippen LogP contribution in [0.25, 0.3) is 0 Å². The van der Waals surface area contributed by atoms with Gasteiger partial charge in [-0.25, -0.2) is 15.6 Å². The third kappa shape index (κ3) is 5.29. The number of hydrazine groups is 1.